The summed E-state index contributed by atoms with van der Waals surface area (Å²) in [5, 5.41) is 1.61. The van der Waals surface area contributed by atoms with E-state index in [1.165, 1.54) is 5.38 Å². The SMILES string of the molecule is CCOC(=O)Cc1csc(-c2ncc(C(F)(F)F)cc2F)n1. The maximum atomic E-state index is 13.8. The molecule has 0 saturated carbocycles. The number of hydrogen-bond acceptors (Lipinski definition) is 5. The van der Waals surface area contributed by atoms with Gasteiger partial charge in [-0.1, -0.05) is 0 Å². The fraction of sp³-hybridized carbons (Fsp3) is 0.308. The van der Waals surface area contributed by atoms with Crippen LogP contribution in [0.4, 0.5) is 17.6 Å². The van der Waals surface area contributed by atoms with Gasteiger partial charge in [-0.2, -0.15) is 13.2 Å². The van der Waals surface area contributed by atoms with Crippen molar-refractivity contribution in [1.29, 1.82) is 0 Å². The van der Waals surface area contributed by atoms with E-state index in [-0.39, 0.29) is 23.7 Å². The molecule has 0 bridgehead atoms. The van der Waals surface area contributed by atoms with Crippen LogP contribution in [0, 0.1) is 5.82 Å². The third kappa shape index (κ3) is 3.79. The molecule has 0 aliphatic heterocycles. The summed E-state index contributed by atoms with van der Waals surface area (Å²) in [5.41, 5.74) is -1.11. The van der Waals surface area contributed by atoms with Crippen LogP contribution in [0.2, 0.25) is 0 Å². The molecule has 0 aromatic carbocycles. The second-order valence-corrected chi connectivity index (χ2v) is 5.04. The summed E-state index contributed by atoms with van der Waals surface area (Å²) in [4.78, 5) is 18.8. The van der Waals surface area contributed by atoms with E-state index < -0.39 is 23.5 Å². The molecule has 118 valence electrons. The molecule has 0 fully saturated rings. The Kier molecular flexibility index (Phi) is 4.74. The number of alkyl halides is 3. The first-order valence-electron chi connectivity index (χ1n) is 6.14. The first-order valence-corrected chi connectivity index (χ1v) is 7.02. The number of carbonyl (C=O) groups excluding carboxylic acids is 1. The molecule has 0 aliphatic rings. The molecule has 22 heavy (non-hydrogen) atoms. The highest BCUT2D eigenvalue weighted by Gasteiger charge is 2.32. The monoisotopic (exact) mass is 334 g/mol. The average Bonchev–Trinajstić information content (AvgIpc) is 2.86. The second kappa shape index (κ2) is 6.39. The second-order valence-electron chi connectivity index (χ2n) is 4.18. The van der Waals surface area contributed by atoms with E-state index in [4.69, 9.17) is 4.74 Å². The number of pyridine rings is 1. The van der Waals surface area contributed by atoms with Crippen LogP contribution >= 0.6 is 11.3 Å². The molecule has 9 heteroatoms. The molecule has 0 unspecified atom stereocenters. The highest BCUT2D eigenvalue weighted by Crippen LogP contribution is 2.32. The zero-order valence-corrected chi connectivity index (χ0v) is 12.1. The number of esters is 1. The lowest BCUT2D eigenvalue weighted by atomic mass is 10.2. The van der Waals surface area contributed by atoms with Crippen molar-refractivity contribution in [2.75, 3.05) is 6.61 Å². The first-order chi connectivity index (χ1) is 10.3. The molecule has 4 nitrogen and oxygen atoms in total. The summed E-state index contributed by atoms with van der Waals surface area (Å²) in [6, 6.07) is 0.370. The van der Waals surface area contributed by atoms with E-state index in [9.17, 15) is 22.4 Å². The standard InChI is InChI=1S/C13H10F4N2O2S/c1-2-21-10(20)4-8-6-22-12(19-8)11-9(14)3-7(5-18-11)13(15,16)17/h3,5-6H,2,4H2,1H3. The molecule has 2 aromatic rings. The third-order valence-corrected chi connectivity index (χ3v) is 3.45. The number of hydrogen-bond donors (Lipinski definition) is 0. The molecule has 0 spiro atoms. The molecular weight excluding hydrogens is 324 g/mol. The van der Waals surface area contributed by atoms with E-state index in [1.807, 2.05) is 0 Å². The summed E-state index contributed by atoms with van der Waals surface area (Å²) < 4.78 is 55.9. The highest BCUT2D eigenvalue weighted by atomic mass is 32.1. The van der Waals surface area contributed by atoms with Crippen molar-refractivity contribution in [1.82, 2.24) is 9.97 Å². The van der Waals surface area contributed by atoms with Crippen LogP contribution in [0.5, 0.6) is 0 Å². The minimum absolute atomic E-state index is 0.0907. The molecule has 0 N–H and O–H groups in total. The van der Waals surface area contributed by atoms with Crippen LogP contribution < -0.4 is 0 Å². The van der Waals surface area contributed by atoms with E-state index in [0.29, 0.717) is 18.0 Å². The number of aromatic nitrogens is 2. The molecule has 0 aliphatic carbocycles. The molecule has 0 saturated heterocycles. The summed E-state index contributed by atoms with van der Waals surface area (Å²) in [7, 11) is 0. The van der Waals surface area contributed by atoms with E-state index in [1.54, 1.807) is 6.92 Å². The quantitative estimate of drug-likeness (QED) is 0.635. The Morgan fingerprint density at radius 3 is 2.73 bits per heavy atom. The molecule has 2 heterocycles. The molecule has 0 atom stereocenters. The van der Waals surface area contributed by atoms with Gasteiger partial charge in [-0.05, 0) is 13.0 Å². The fourth-order valence-corrected chi connectivity index (χ4v) is 2.42. The van der Waals surface area contributed by atoms with Gasteiger partial charge in [0.05, 0.1) is 24.3 Å². The van der Waals surface area contributed by atoms with Crippen LogP contribution in [0.3, 0.4) is 0 Å². The number of nitrogens with zero attached hydrogens (tertiary/aromatic N) is 2. The predicted octanol–water partition coefficient (Wildman–Crippen LogP) is 3.47. The van der Waals surface area contributed by atoms with Crippen molar-refractivity contribution in [3.63, 3.8) is 0 Å². The zero-order valence-electron chi connectivity index (χ0n) is 11.3. The lowest BCUT2D eigenvalue weighted by Crippen LogP contribution is -2.08. The van der Waals surface area contributed by atoms with E-state index in [0.717, 1.165) is 11.3 Å². The Morgan fingerprint density at radius 1 is 1.41 bits per heavy atom. The summed E-state index contributed by atoms with van der Waals surface area (Å²) in [6.45, 7) is 1.89. The molecule has 0 amide bonds. The largest absolute Gasteiger partial charge is 0.466 e. The maximum Gasteiger partial charge on any atom is 0.417 e. The van der Waals surface area contributed by atoms with Crippen molar-refractivity contribution in [2.45, 2.75) is 19.5 Å². The minimum Gasteiger partial charge on any atom is -0.466 e. The Balaban J connectivity index is 2.22. The maximum absolute atomic E-state index is 13.8. The Bertz CT molecular complexity index is 685. The predicted molar refractivity (Wildman–Crippen MR) is 70.6 cm³/mol. The van der Waals surface area contributed by atoms with Crippen LogP contribution in [-0.2, 0) is 22.1 Å². The minimum atomic E-state index is -4.66. The number of rotatable bonds is 4. The first kappa shape index (κ1) is 16.3. The van der Waals surface area contributed by atoms with Crippen molar-refractivity contribution < 1.29 is 27.1 Å². The van der Waals surface area contributed by atoms with Crippen LogP contribution in [0.25, 0.3) is 10.7 Å². The summed E-state index contributed by atoms with van der Waals surface area (Å²) >= 11 is 0.988. The number of carbonyl (C=O) groups is 1. The van der Waals surface area contributed by atoms with Crippen molar-refractivity contribution >= 4 is 17.3 Å². The number of halogens is 4. The van der Waals surface area contributed by atoms with E-state index >= 15 is 0 Å². The van der Waals surface area contributed by atoms with E-state index in [2.05, 4.69) is 9.97 Å². The molecule has 0 radical (unpaired) electrons. The third-order valence-electron chi connectivity index (χ3n) is 2.55. The summed E-state index contributed by atoms with van der Waals surface area (Å²) in [6.07, 6.45) is -4.21. The van der Waals surface area contributed by atoms with Crippen molar-refractivity contribution in [2.24, 2.45) is 0 Å². The summed E-state index contributed by atoms with van der Waals surface area (Å²) in [5.74, 6) is -1.60. The topological polar surface area (TPSA) is 52.1 Å². The smallest absolute Gasteiger partial charge is 0.417 e. The van der Waals surface area contributed by atoms with Gasteiger partial charge >= 0.3 is 12.1 Å². The molecule has 2 rings (SSSR count). The Hall–Kier alpha value is -2.03. The lowest BCUT2D eigenvalue weighted by Gasteiger charge is -2.06. The van der Waals surface area contributed by atoms with Gasteiger partial charge in [-0.3, -0.25) is 4.79 Å². The van der Waals surface area contributed by atoms with Gasteiger partial charge in [0.1, 0.15) is 10.7 Å². The lowest BCUT2D eigenvalue weighted by molar-refractivity contribution is -0.142. The van der Waals surface area contributed by atoms with Crippen LogP contribution in [0.15, 0.2) is 17.6 Å². The van der Waals surface area contributed by atoms with Gasteiger partial charge in [0.25, 0.3) is 0 Å². The normalized spacial score (nSPS) is 11.5. The van der Waals surface area contributed by atoms with Gasteiger partial charge in [-0.25, -0.2) is 14.4 Å². The zero-order chi connectivity index (χ0) is 16.3. The molecule has 2 aromatic heterocycles. The van der Waals surface area contributed by atoms with Gasteiger partial charge in [0, 0.05) is 11.6 Å². The highest BCUT2D eigenvalue weighted by molar-refractivity contribution is 7.13. The fourth-order valence-electron chi connectivity index (χ4n) is 1.61. The van der Waals surface area contributed by atoms with Gasteiger partial charge < -0.3 is 4.74 Å². The van der Waals surface area contributed by atoms with Gasteiger partial charge in [0.2, 0.25) is 0 Å². The van der Waals surface area contributed by atoms with Gasteiger partial charge in [0.15, 0.2) is 5.82 Å². The number of thiazole rings is 1. The van der Waals surface area contributed by atoms with Crippen molar-refractivity contribution in [3.8, 4) is 10.7 Å². The van der Waals surface area contributed by atoms with Crippen molar-refractivity contribution in [3.05, 3.63) is 34.7 Å². The molecular formula is C13H10F4N2O2S. The van der Waals surface area contributed by atoms with Crippen LogP contribution in [0.1, 0.15) is 18.2 Å². The van der Waals surface area contributed by atoms with Crippen LogP contribution in [-0.4, -0.2) is 22.5 Å². The number of ether oxygens (including phenoxy) is 1. The Morgan fingerprint density at radius 2 is 2.14 bits per heavy atom. The Labute approximate surface area is 126 Å². The van der Waals surface area contributed by atoms with Gasteiger partial charge in [-0.15, -0.1) is 11.3 Å². The average molecular weight is 334 g/mol.